The van der Waals surface area contributed by atoms with Gasteiger partial charge in [-0.2, -0.15) is 4.91 Å². The summed E-state index contributed by atoms with van der Waals surface area (Å²) in [7, 11) is 0. The van der Waals surface area contributed by atoms with Crippen molar-refractivity contribution in [3.63, 3.8) is 0 Å². The van der Waals surface area contributed by atoms with Crippen molar-refractivity contribution in [3.8, 4) is 0 Å². The third kappa shape index (κ3) is 1.51. The van der Waals surface area contributed by atoms with Crippen molar-refractivity contribution in [2.75, 3.05) is 13.2 Å². The molecule has 0 amide bonds. The molecular weight excluding hydrogens is 204 g/mol. The molecule has 3 rings (SSSR count). The predicted molar refractivity (Wildman–Crippen MR) is 60.2 cm³/mol. The lowest BCUT2D eigenvalue weighted by Crippen LogP contribution is -2.25. The lowest BCUT2D eigenvalue weighted by atomic mass is 9.76. The standard InChI is InChI=1S/C12H20N2O2/c13-16-6-7-1-10-8-3-9(5-14-15)11(4-8)12(10)2-7/h7-12H,1-6,13H2. The average Bonchev–Trinajstić information content (AvgIpc) is 2.88. The predicted octanol–water partition coefficient (Wildman–Crippen LogP) is 1.94. The molecule has 0 heterocycles. The van der Waals surface area contributed by atoms with E-state index in [0.717, 1.165) is 23.7 Å². The van der Waals surface area contributed by atoms with Gasteiger partial charge in [-0.25, -0.2) is 5.90 Å². The summed E-state index contributed by atoms with van der Waals surface area (Å²) in [5.74, 6) is 9.78. The Morgan fingerprint density at radius 1 is 1.12 bits per heavy atom. The molecule has 16 heavy (non-hydrogen) atoms. The van der Waals surface area contributed by atoms with Crippen molar-refractivity contribution in [1.82, 2.24) is 0 Å². The van der Waals surface area contributed by atoms with Gasteiger partial charge in [-0.3, -0.25) is 0 Å². The number of hydrogen-bond acceptors (Lipinski definition) is 4. The average molecular weight is 224 g/mol. The molecule has 3 saturated carbocycles. The van der Waals surface area contributed by atoms with Gasteiger partial charge in [-0.15, -0.1) is 0 Å². The van der Waals surface area contributed by atoms with Crippen LogP contribution in [0.15, 0.2) is 5.18 Å². The van der Waals surface area contributed by atoms with Gasteiger partial charge < -0.3 is 4.84 Å². The lowest BCUT2D eigenvalue weighted by Gasteiger charge is -2.29. The first-order valence-corrected chi connectivity index (χ1v) is 6.44. The van der Waals surface area contributed by atoms with Crippen LogP contribution in [0.3, 0.4) is 0 Å². The number of nitrogens with two attached hydrogens (primary N) is 1. The van der Waals surface area contributed by atoms with Crippen LogP contribution >= 0.6 is 0 Å². The van der Waals surface area contributed by atoms with E-state index in [4.69, 9.17) is 10.7 Å². The Morgan fingerprint density at radius 2 is 1.94 bits per heavy atom. The van der Waals surface area contributed by atoms with Gasteiger partial charge in [-0.1, -0.05) is 5.18 Å². The van der Waals surface area contributed by atoms with E-state index in [-0.39, 0.29) is 0 Å². The molecular formula is C12H20N2O2. The van der Waals surface area contributed by atoms with Crippen LogP contribution in [-0.2, 0) is 4.84 Å². The van der Waals surface area contributed by atoms with Crippen LogP contribution in [0.5, 0.6) is 0 Å². The van der Waals surface area contributed by atoms with E-state index in [2.05, 4.69) is 5.18 Å². The Labute approximate surface area is 95.8 Å². The maximum absolute atomic E-state index is 10.4. The summed E-state index contributed by atoms with van der Waals surface area (Å²) in [6.45, 7) is 1.26. The molecule has 3 aliphatic rings. The van der Waals surface area contributed by atoms with Crippen molar-refractivity contribution in [1.29, 1.82) is 0 Å². The van der Waals surface area contributed by atoms with E-state index < -0.39 is 0 Å². The van der Waals surface area contributed by atoms with Crippen LogP contribution in [0.1, 0.15) is 25.7 Å². The Morgan fingerprint density at radius 3 is 2.69 bits per heavy atom. The van der Waals surface area contributed by atoms with Crippen LogP contribution in [0.25, 0.3) is 0 Å². The van der Waals surface area contributed by atoms with Gasteiger partial charge in [-0.05, 0) is 61.2 Å². The summed E-state index contributed by atoms with van der Waals surface area (Å²) in [5, 5.41) is 3.11. The molecule has 90 valence electrons. The van der Waals surface area contributed by atoms with Crippen LogP contribution < -0.4 is 5.90 Å². The zero-order valence-electron chi connectivity index (χ0n) is 9.55. The second-order valence-corrected chi connectivity index (χ2v) is 5.97. The second-order valence-electron chi connectivity index (χ2n) is 5.97. The molecule has 0 aliphatic heterocycles. The molecule has 0 radical (unpaired) electrons. The molecule has 4 heteroatoms. The molecule has 3 aliphatic carbocycles. The molecule has 4 nitrogen and oxygen atoms in total. The van der Waals surface area contributed by atoms with Gasteiger partial charge in [0.1, 0.15) is 0 Å². The smallest absolute Gasteiger partial charge is 0.0842 e. The van der Waals surface area contributed by atoms with Crippen LogP contribution in [0.4, 0.5) is 0 Å². The Balaban J connectivity index is 1.67. The van der Waals surface area contributed by atoms with Gasteiger partial charge >= 0.3 is 0 Å². The van der Waals surface area contributed by atoms with Crippen LogP contribution in [0.2, 0.25) is 0 Å². The summed E-state index contributed by atoms with van der Waals surface area (Å²) in [4.78, 5) is 15.2. The molecule has 3 fully saturated rings. The van der Waals surface area contributed by atoms with Crippen LogP contribution in [0, 0.1) is 40.4 Å². The van der Waals surface area contributed by atoms with Crippen molar-refractivity contribution < 1.29 is 4.84 Å². The molecule has 0 aromatic carbocycles. The van der Waals surface area contributed by atoms with Gasteiger partial charge in [0.05, 0.1) is 13.2 Å². The summed E-state index contributed by atoms with van der Waals surface area (Å²) in [6.07, 6.45) is 5.15. The molecule has 6 unspecified atom stereocenters. The quantitative estimate of drug-likeness (QED) is 0.586. The fraction of sp³-hybridized carbons (Fsp3) is 1.00. The van der Waals surface area contributed by atoms with Gasteiger partial charge in [0.2, 0.25) is 0 Å². The molecule has 0 saturated heterocycles. The Hall–Kier alpha value is -0.480. The SMILES string of the molecule is NOCC1CC2C3CC(CN=O)C(C3)C2C1. The molecule has 6 atom stereocenters. The highest BCUT2D eigenvalue weighted by atomic mass is 16.6. The first-order chi connectivity index (χ1) is 7.83. The fourth-order valence-electron chi connectivity index (χ4n) is 4.90. The number of fused-ring (bicyclic) bond motifs is 5. The lowest BCUT2D eigenvalue weighted by molar-refractivity contribution is 0.0988. The van der Waals surface area contributed by atoms with Crippen LogP contribution in [-0.4, -0.2) is 13.2 Å². The summed E-state index contributed by atoms with van der Waals surface area (Å²) in [6, 6.07) is 0. The topological polar surface area (TPSA) is 64.7 Å². The second kappa shape index (κ2) is 4.08. The third-order valence-corrected chi connectivity index (χ3v) is 5.34. The van der Waals surface area contributed by atoms with Gasteiger partial charge in [0.25, 0.3) is 0 Å². The van der Waals surface area contributed by atoms with Crippen molar-refractivity contribution in [2.45, 2.75) is 25.7 Å². The minimum atomic E-state index is 0.544. The maximum Gasteiger partial charge on any atom is 0.0842 e. The fourth-order valence-corrected chi connectivity index (χ4v) is 4.90. The third-order valence-electron chi connectivity index (χ3n) is 5.34. The normalized spacial score (nSPS) is 49.6. The number of hydrogen-bond donors (Lipinski definition) is 1. The maximum atomic E-state index is 10.4. The first kappa shape index (κ1) is 10.7. The summed E-state index contributed by atoms with van der Waals surface area (Å²) >= 11 is 0. The molecule has 0 aromatic rings. The summed E-state index contributed by atoms with van der Waals surface area (Å²) in [5.41, 5.74) is 0. The minimum Gasteiger partial charge on any atom is -0.304 e. The van der Waals surface area contributed by atoms with E-state index >= 15 is 0 Å². The highest BCUT2D eigenvalue weighted by molar-refractivity contribution is 5.04. The van der Waals surface area contributed by atoms with E-state index in [9.17, 15) is 4.91 Å². The zero-order valence-corrected chi connectivity index (χ0v) is 9.55. The molecule has 0 spiro atoms. The highest BCUT2D eigenvalue weighted by Crippen LogP contribution is 2.62. The minimum absolute atomic E-state index is 0.544. The molecule has 2 bridgehead atoms. The monoisotopic (exact) mass is 224 g/mol. The van der Waals surface area contributed by atoms with Crippen molar-refractivity contribution in [3.05, 3.63) is 4.91 Å². The molecule has 2 N–H and O–H groups in total. The van der Waals surface area contributed by atoms with Gasteiger partial charge in [0, 0.05) is 0 Å². The highest BCUT2D eigenvalue weighted by Gasteiger charge is 2.55. The largest absolute Gasteiger partial charge is 0.304 e. The Bertz CT molecular complexity index is 284. The summed E-state index contributed by atoms with van der Waals surface area (Å²) < 4.78 is 0. The van der Waals surface area contributed by atoms with Crippen molar-refractivity contribution >= 4 is 0 Å². The van der Waals surface area contributed by atoms with E-state index in [1.165, 1.54) is 25.7 Å². The van der Waals surface area contributed by atoms with E-state index in [1.54, 1.807) is 0 Å². The van der Waals surface area contributed by atoms with E-state index in [1.807, 2.05) is 0 Å². The number of rotatable bonds is 4. The van der Waals surface area contributed by atoms with Crippen molar-refractivity contribution in [2.24, 2.45) is 46.6 Å². The van der Waals surface area contributed by atoms with E-state index in [0.29, 0.717) is 25.0 Å². The Kier molecular flexibility index (Phi) is 2.72. The zero-order chi connectivity index (χ0) is 11.1. The number of nitrogens with zero attached hydrogens (tertiary/aromatic N) is 1. The molecule has 0 aromatic heterocycles. The first-order valence-electron chi connectivity index (χ1n) is 6.44. The number of nitroso groups, excluding NO2 is 1. The van der Waals surface area contributed by atoms with Gasteiger partial charge in [0.15, 0.2) is 0 Å².